The molecule has 1 aliphatic heterocycles. The van der Waals surface area contributed by atoms with E-state index in [9.17, 15) is 4.79 Å². The molecule has 1 saturated heterocycles. The van der Waals surface area contributed by atoms with Gasteiger partial charge in [-0.1, -0.05) is 20.8 Å². The average Bonchev–Trinajstić information content (AvgIpc) is 2.63. The minimum absolute atomic E-state index is 0.0410. The van der Waals surface area contributed by atoms with E-state index in [-0.39, 0.29) is 23.3 Å². The predicted octanol–water partition coefficient (Wildman–Crippen LogP) is 1.85. The first kappa shape index (κ1) is 15.0. The topological polar surface area (TPSA) is 56.2 Å². The van der Waals surface area contributed by atoms with Crippen molar-refractivity contribution in [1.29, 1.82) is 0 Å². The second-order valence-corrected chi connectivity index (χ2v) is 6.58. The zero-order valence-electron chi connectivity index (χ0n) is 13.1. The molecule has 0 bridgehead atoms. The fraction of sp³-hybridized carbons (Fsp3) is 0.733. The van der Waals surface area contributed by atoms with E-state index in [1.807, 2.05) is 24.6 Å². The van der Waals surface area contributed by atoms with Crippen molar-refractivity contribution < 1.29 is 9.53 Å². The van der Waals surface area contributed by atoms with Crippen LogP contribution in [0, 0.1) is 25.2 Å². The molecule has 1 amide bonds. The van der Waals surface area contributed by atoms with Crippen molar-refractivity contribution in [2.75, 3.05) is 19.8 Å². The van der Waals surface area contributed by atoms with Crippen molar-refractivity contribution in [3.8, 4) is 0 Å². The SMILES string of the molecule is Cc1cc(C)n([C@H](C(=O)NCC2(C)COC2)C(C)C)n1. The van der Waals surface area contributed by atoms with Gasteiger partial charge in [-0.25, -0.2) is 0 Å². The summed E-state index contributed by atoms with van der Waals surface area (Å²) in [5, 5.41) is 7.52. The Bertz CT molecular complexity index is 489. The summed E-state index contributed by atoms with van der Waals surface area (Å²) in [7, 11) is 0. The van der Waals surface area contributed by atoms with Crippen LogP contribution in [0.1, 0.15) is 38.2 Å². The smallest absolute Gasteiger partial charge is 0.245 e. The van der Waals surface area contributed by atoms with Crippen molar-refractivity contribution in [1.82, 2.24) is 15.1 Å². The number of aryl methyl sites for hydroxylation is 2. The number of rotatable bonds is 5. The van der Waals surface area contributed by atoms with E-state index in [1.165, 1.54) is 0 Å². The van der Waals surface area contributed by atoms with Gasteiger partial charge in [0.05, 0.1) is 18.9 Å². The second kappa shape index (κ2) is 5.56. The lowest BCUT2D eigenvalue weighted by Gasteiger charge is -2.38. The van der Waals surface area contributed by atoms with Crippen LogP contribution in [-0.2, 0) is 9.53 Å². The number of hydrogen-bond acceptors (Lipinski definition) is 3. The highest BCUT2D eigenvalue weighted by molar-refractivity contribution is 5.80. The van der Waals surface area contributed by atoms with Gasteiger partial charge in [0, 0.05) is 17.7 Å². The van der Waals surface area contributed by atoms with Crippen molar-refractivity contribution >= 4 is 5.91 Å². The van der Waals surface area contributed by atoms with Crippen molar-refractivity contribution in [2.45, 2.75) is 40.7 Å². The molecule has 0 aliphatic carbocycles. The van der Waals surface area contributed by atoms with E-state index in [0.717, 1.165) is 24.6 Å². The van der Waals surface area contributed by atoms with Crippen LogP contribution < -0.4 is 5.32 Å². The zero-order chi connectivity index (χ0) is 14.9. The maximum absolute atomic E-state index is 12.5. The van der Waals surface area contributed by atoms with Crippen LogP contribution in [0.2, 0.25) is 0 Å². The summed E-state index contributed by atoms with van der Waals surface area (Å²) in [6.07, 6.45) is 0. The minimum atomic E-state index is -0.256. The molecule has 2 heterocycles. The van der Waals surface area contributed by atoms with Gasteiger partial charge in [0.1, 0.15) is 6.04 Å². The summed E-state index contributed by atoms with van der Waals surface area (Å²) in [6.45, 7) is 12.3. The zero-order valence-corrected chi connectivity index (χ0v) is 13.1. The highest BCUT2D eigenvalue weighted by Gasteiger charge is 2.35. The number of aromatic nitrogens is 2. The lowest BCUT2D eigenvalue weighted by molar-refractivity contribution is -0.131. The maximum Gasteiger partial charge on any atom is 0.245 e. The molecule has 0 aromatic carbocycles. The highest BCUT2D eigenvalue weighted by atomic mass is 16.5. The Kier molecular flexibility index (Phi) is 4.18. The fourth-order valence-electron chi connectivity index (χ4n) is 2.58. The summed E-state index contributed by atoms with van der Waals surface area (Å²) in [4.78, 5) is 12.5. The third-order valence-corrected chi connectivity index (χ3v) is 3.80. The van der Waals surface area contributed by atoms with Gasteiger partial charge in [-0.05, 0) is 25.8 Å². The molecule has 20 heavy (non-hydrogen) atoms. The van der Waals surface area contributed by atoms with Gasteiger partial charge < -0.3 is 10.1 Å². The molecule has 1 fully saturated rings. The fourth-order valence-corrected chi connectivity index (χ4v) is 2.58. The Balaban J connectivity index is 2.08. The highest BCUT2D eigenvalue weighted by Crippen LogP contribution is 2.26. The number of hydrogen-bond donors (Lipinski definition) is 1. The molecule has 1 atom stereocenters. The number of nitrogens with zero attached hydrogens (tertiary/aromatic N) is 2. The lowest BCUT2D eigenvalue weighted by Crippen LogP contribution is -2.50. The van der Waals surface area contributed by atoms with Crippen molar-refractivity contribution in [2.24, 2.45) is 11.3 Å². The first-order valence-corrected chi connectivity index (χ1v) is 7.21. The van der Waals surface area contributed by atoms with E-state index in [4.69, 9.17) is 4.74 Å². The molecule has 5 heteroatoms. The molecular formula is C15H25N3O2. The van der Waals surface area contributed by atoms with Gasteiger partial charge >= 0.3 is 0 Å². The summed E-state index contributed by atoms with van der Waals surface area (Å²) in [5.74, 6) is 0.234. The van der Waals surface area contributed by atoms with Crippen LogP contribution in [0.15, 0.2) is 6.07 Å². The number of amides is 1. The third-order valence-electron chi connectivity index (χ3n) is 3.80. The molecule has 1 aromatic rings. The first-order chi connectivity index (χ1) is 9.32. The molecule has 1 aromatic heterocycles. The Morgan fingerprint density at radius 1 is 1.50 bits per heavy atom. The van der Waals surface area contributed by atoms with Crippen LogP contribution in [0.4, 0.5) is 0 Å². The lowest BCUT2D eigenvalue weighted by atomic mass is 9.88. The molecule has 5 nitrogen and oxygen atoms in total. The molecular weight excluding hydrogens is 254 g/mol. The molecule has 112 valence electrons. The summed E-state index contributed by atoms with van der Waals surface area (Å²) < 4.78 is 7.06. The molecule has 1 N–H and O–H groups in total. The average molecular weight is 279 g/mol. The van der Waals surface area contributed by atoms with Crippen LogP contribution >= 0.6 is 0 Å². The summed E-state index contributed by atoms with van der Waals surface area (Å²) in [6, 6.07) is 1.75. The van der Waals surface area contributed by atoms with Crippen molar-refractivity contribution in [3.63, 3.8) is 0 Å². The quantitative estimate of drug-likeness (QED) is 0.895. The Morgan fingerprint density at radius 3 is 2.55 bits per heavy atom. The van der Waals surface area contributed by atoms with E-state index in [1.54, 1.807) is 0 Å². The van der Waals surface area contributed by atoms with Crippen LogP contribution in [0.5, 0.6) is 0 Å². The van der Waals surface area contributed by atoms with Crippen molar-refractivity contribution in [3.05, 3.63) is 17.5 Å². The van der Waals surface area contributed by atoms with Gasteiger partial charge in [0.15, 0.2) is 0 Å². The summed E-state index contributed by atoms with van der Waals surface area (Å²) >= 11 is 0. The maximum atomic E-state index is 12.5. The molecule has 0 unspecified atom stereocenters. The van der Waals surface area contributed by atoms with Crippen LogP contribution in [-0.4, -0.2) is 35.4 Å². The number of carbonyl (C=O) groups is 1. The standard InChI is InChI=1S/C15H25N3O2/c1-10(2)13(18-12(4)6-11(3)17-18)14(19)16-7-15(5)8-20-9-15/h6,10,13H,7-9H2,1-5H3,(H,16,19)/t13-/m0/s1. The van der Waals surface area contributed by atoms with Gasteiger partial charge in [0.25, 0.3) is 0 Å². The van der Waals surface area contributed by atoms with Gasteiger partial charge in [-0.15, -0.1) is 0 Å². The van der Waals surface area contributed by atoms with E-state index >= 15 is 0 Å². The molecule has 0 spiro atoms. The second-order valence-electron chi connectivity index (χ2n) is 6.58. The van der Waals surface area contributed by atoms with Crippen LogP contribution in [0.3, 0.4) is 0 Å². The first-order valence-electron chi connectivity index (χ1n) is 7.21. The van der Waals surface area contributed by atoms with Gasteiger partial charge in [0.2, 0.25) is 5.91 Å². The van der Waals surface area contributed by atoms with E-state index in [2.05, 4.69) is 31.2 Å². The third kappa shape index (κ3) is 3.03. The number of ether oxygens (including phenoxy) is 1. The number of nitrogens with one attached hydrogen (secondary N) is 1. The molecule has 1 aliphatic rings. The van der Waals surface area contributed by atoms with Gasteiger partial charge in [-0.2, -0.15) is 5.10 Å². The Hall–Kier alpha value is -1.36. The predicted molar refractivity (Wildman–Crippen MR) is 77.5 cm³/mol. The Labute approximate surface area is 120 Å². The Morgan fingerprint density at radius 2 is 2.15 bits per heavy atom. The molecule has 0 saturated carbocycles. The van der Waals surface area contributed by atoms with E-state index < -0.39 is 0 Å². The number of carbonyl (C=O) groups excluding carboxylic acids is 1. The van der Waals surface area contributed by atoms with E-state index in [0.29, 0.717) is 6.54 Å². The monoisotopic (exact) mass is 279 g/mol. The van der Waals surface area contributed by atoms with Crippen LogP contribution in [0.25, 0.3) is 0 Å². The van der Waals surface area contributed by atoms with Gasteiger partial charge in [-0.3, -0.25) is 9.48 Å². The molecule has 2 rings (SSSR count). The summed E-state index contributed by atoms with van der Waals surface area (Å²) in [5.41, 5.74) is 2.06. The molecule has 0 radical (unpaired) electrons. The largest absolute Gasteiger partial charge is 0.380 e. The minimum Gasteiger partial charge on any atom is -0.380 e. The normalized spacial score (nSPS) is 18.7.